The molecule has 19 heavy (non-hydrogen) atoms. The van der Waals surface area contributed by atoms with Gasteiger partial charge in [-0.05, 0) is 37.1 Å². The number of hydrogen-bond donors (Lipinski definition) is 1. The van der Waals surface area contributed by atoms with E-state index in [-0.39, 0.29) is 5.82 Å². The largest absolute Gasteiger partial charge is 0.488 e. The molecule has 0 aliphatic rings. The minimum Gasteiger partial charge on any atom is -0.488 e. The van der Waals surface area contributed by atoms with Crippen LogP contribution in [0.1, 0.15) is 32.3 Å². The van der Waals surface area contributed by atoms with E-state index in [0.717, 1.165) is 24.9 Å². The second kappa shape index (κ2) is 9.75. The highest BCUT2D eigenvalue weighted by atomic mass is 19.1. The van der Waals surface area contributed by atoms with E-state index in [2.05, 4.69) is 12.2 Å². The molecule has 0 amide bonds. The normalized spacial score (nSPS) is 10.7. The van der Waals surface area contributed by atoms with Gasteiger partial charge in [0.1, 0.15) is 6.61 Å². The van der Waals surface area contributed by atoms with Gasteiger partial charge in [0.25, 0.3) is 0 Å². The van der Waals surface area contributed by atoms with Crippen LogP contribution < -0.4 is 10.1 Å². The van der Waals surface area contributed by atoms with E-state index in [4.69, 9.17) is 9.47 Å². The molecule has 1 N–H and O–H groups in total. The summed E-state index contributed by atoms with van der Waals surface area (Å²) in [5.41, 5.74) is 0.931. The Morgan fingerprint density at radius 3 is 2.63 bits per heavy atom. The Balaban J connectivity index is 2.34. The van der Waals surface area contributed by atoms with Crippen LogP contribution in [0.5, 0.6) is 5.75 Å². The van der Waals surface area contributed by atoms with Crippen LogP contribution in [0.3, 0.4) is 0 Å². The van der Waals surface area contributed by atoms with Crippen molar-refractivity contribution in [3.8, 4) is 5.75 Å². The molecule has 1 aromatic carbocycles. The first kappa shape index (κ1) is 15.9. The van der Waals surface area contributed by atoms with E-state index in [1.807, 2.05) is 13.0 Å². The Bertz CT molecular complexity index is 358. The van der Waals surface area contributed by atoms with Gasteiger partial charge in [-0.1, -0.05) is 19.9 Å². The maximum Gasteiger partial charge on any atom is 0.165 e. The number of rotatable bonds is 10. The van der Waals surface area contributed by atoms with E-state index in [1.54, 1.807) is 6.07 Å². The summed E-state index contributed by atoms with van der Waals surface area (Å²) >= 11 is 0. The zero-order valence-corrected chi connectivity index (χ0v) is 11.9. The summed E-state index contributed by atoms with van der Waals surface area (Å²) in [5.74, 6) is -0.0226. The number of hydrogen-bond acceptors (Lipinski definition) is 3. The first-order valence-electron chi connectivity index (χ1n) is 6.97. The van der Waals surface area contributed by atoms with Crippen molar-refractivity contribution in [2.24, 2.45) is 0 Å². The quantitative estimate of drug-likeness (QED) is 0.662. The first-order valence-corrected chi connectivity index (χ1v) is 6.97. The smallest absolute Gasteiger partial charge is 0.165 e. The minimum atomic E-state index is -0.314. The third kappa shape index (κ3) is 6.55. The fraction of sp³-hybridized carbons (Fsp3) is 0.600. The molecule has 0 unspecified atom stereocenters. The van der Waals surface area contributed by atoms with Gasteiger partial charge in [0.2, 0.25) is 0 Å². The summed E-state index contributed by atoms with van der Waals surface area (Å²) in [5, 5.41) is 3.24. The summed E-state index contributed by atoms with van der Waals surface area (Å²) in [6, 6.07) is 5.08. The molecule has 108 valence electrons. The molecular weight excluding hydrogens is 245 g/mol. The van der Waals surface area contributed by atoms with Crippen LogP contribution in [0.2, 0.25) is 0 Å². The standard InChI is InChI=1S/C15H24FNO2/c1-3-7-17-12-13-5-6-15(14(16)11-13)19-10-9-18-8-4-2/h5-6,11,17H,3-4,7-10,12H2,1-2H3. The average Bonchev–Trinajstić information content (AvgIpc) is 2.41. The Morgan fingerprint density at radius 2 is 1.95 bits per heavy atom. The van der Waals surface area contributed by atoms with Crippen molar-refractivity contribution in [3.63, 3.8) is 0 Å². The molecule has 0 saturated heterocycles. The van der Waals surface area contributed by atoms with Crippen molar-refractivity contribution in [3.05, 3.63) is 29.6 Å². The highest BCUT2D eigenvalue weighted by molar-refractivity contribution is 5.29. The lowest BCUT2D eigenvalue weighted by Crippen LogP contribution is -2.14. The monoisotopic (exact) mass is 269 g/mol. The Kier molecular flexibility index (Phi) is 8.18. The van der Waals surface area contributed by atoms with Crippen LogP contribution in [0.15, 0.2) is 18.2 Å². The van der Waals surface area contributed by atoms with Gasteiger partial charge < -0.3 is 14.8 Å². The Morgan fingerprint density at radius 1 is 1.11 bits per heavy atom. The van der Waals surface area contributed by atoms with Gasteiger partial charge >= 0.3 is 0 Å². The molecule has 3 nitrogen and oxygen atoms in total. The maximum absolute atomic E-state index is 13.7. The second-order valence-electron chi connectivity index (χ2n) is 4.40. The predicted molar refractivity (Wildman–Crippen MR) is 75.0 cm³/mol. The van der Waals surface area contributed by atoms with Gasteiger partial charge in [-0.2, -0.15) is 0 Å². The average molecular weight is 269 g/mol. The summed E-state index contributed by atoms with van der Waals surface area (Å²) in [6.07, 6.45) is 2.05. The minimum absolute atomic E-state index is 0.291. The second-order valence-corrected chi connectivity index (χ2v) is 4.40. The van der Waals surface area contributed by atoms with Crippen molar-refractivity contribution >= 4 is 0 Å². The zero-order chi connectivity index (χ0) is 13.9. The summed E-state index contributed by atoms with van der Waals surface area (Å²) < 4.78 is 24.4. The number of halogens is 1. The molecule has 0 saturated carbocycles. The van der Waals surface area contributed by atoms with Crippen molar-refractivity contribution < 1.29 is 13.9 Å². The van der Waals surface area contributed by atoms with Crippen LogP contribution in [-0.2, 0) is 11.3 Å². The molecular formula is C15H24FNO2. The van der Waals surface area contributed by atoms with Gasteiger partial charge in [0.05, 0.1) is 6.61 Å². The van der Waals surface area contributed by atoms with Gasteiger partial charge in [-0.3, -0.25) is 0 Å². The molecule has 0 atom stereocenters. The first-order chi connectivity index (χ1) is 9.27. The molecule has 0 fully saturated rings. The van der Waals surface area contributed by atoms with E-state index in [9.17, 15) is 4.39 Å². The van der Waals surface area contributed by atoms with Crippen molar-refractivity contribution in [1.82, 2.24) is 5.32 Å². The number of benzene rings is 1. The molecule has 4 heteroatoms. The summed E-state index contributed by atoms with van der Waals surface area (Å²) in [7, 11) is 0. The molecule has 1 aromatic rings. The molecule has 0 aromatic heterocycles. The number of ether oxygens (including phenoxy) is 2. The van der Waals surface area contributed by atoms with E-state index < -0.39 is 0 Å². The number of nitrogens with one attached hydrogen (secondary N) is 1. The zero-order valence-electron chi connectivity index (χ0n) is 11.9. The van der Waals surface area contributed by atoms with E-state index in [1.165, 1.54) is 6.07 Å². The topological polar surface area (TPSA) is 30.5 Å². The molecule has 0 bridgehead atoms. The summed E-state index contributed by atoms with van der Waals surface area (Å²) in [6.45, 7) is 7.36. The fourth-order valence-corrected chi connectivity index (χ4v) is 1.64. The van der Waals surface area contributed by atoms with Crippen LogP contribution in [0, 0.1) is 5.82 Å². The predicted octanol–water partition coefficient (Wildman–Crippen LogP) is 3.13. The third-order valence-corrected chi connectivity index (χ3v) is 2.59. The van der Waals surface area contributed by atoms with E-state index in [0.29, 0.717) is 32.1 Å². The molecule has 1 rings (SSSR count). The highest BCUT2D eigenvalue weighted by Crippen LogP contribution is 2.18. The molecule has 0 radical (unpaired) electrons. The van der Waals surface area contributed by atoms with Crippen LogP contribution in [-0.4, -0.2) is 26.4 Å². The van der Waals surface area contributed by atoms with Crippen LogP contribution >= 0.6 is 0 Å². The van der Waals surface area contributed by atoms with Gasteiger partial charge in [0, 0.05) is 13.2 Å². The lowest BCUT2D eigenvalue weighted by molar-refractivity contribution is 0.0992. The van der Waals surface area contributed by atoms with Crippen LogP contribution in [0.25, 0.3) is 0 Å². The fourth-order valence-electron chi connectivity index (χ4n) is 1.64. The molecule has 0 heterocycles. The Hall–Kier alpha value is -1.13. The lowest BCUT2D eigenvalue weighted by atomic mass is 10.2. The molecule has 0 aliphatic heterocycles. The van der Waals surface area contributed by atoms with Gasteiger partial charge in [0.15, 0.2) is 11.6 Å². The van der Waals surface area contributed by atoms with Crippen molar-refractivity contribution in [1.29, 1.82) is 0 Å². The van der Waals surface area contributed by atoms with Crippen molar-refractivity contribution in [2.75, 3.05) is 26.4 Å². The van der Waals surface area contributed by atoms with Crippen molar-refractivity contribution in [2.45, 2.75) is 33.2 Å². The van der Waals surface area contributed by atoms with E-state index >= 15 is 0 Å². The third-order valence-electron chi connectivity index (χ3n) is 2.59. The Labute approximate surface area is 115 Å². The highest BCUT2D eigenvalue weighted by Gasteiger charge is 2.04. The maximum atomic E-state index is 13.7. The van der Waals surface area contributed by atoms with Gasteiger partial charge in [-0.25, -0.2) is 4.39 Å². The molecule has 0 spiro atoms. The lowest BCUT2D eigenvalue weighted by Gasteiger charge is -2.09. The SMILES string of the molecule is CCCNCc1ccc(OCCOCCC)c(F)c1. The molecule has 0 aliphatic carbocycles. The summed E-state index contributed by atoms with van der Waals surface area (Å²) in [4.78, 5) is 0. The van der Waals surface area contributed by atoms with Crippen LogP contribution in [0.4, 0.5) is 4.39 Å². The van der Waals surface area contributed by atoms with Gasteiger partial charge in [-0.15, -0.1) is 0 Å².